The number of carbonyl (C=O) groups is 1. The van der Waals surface area contributed by atoms with Crippen molar-refractivity contribution in [3.8, 4) is 0 Å². The Balaban J connectivity index is 1.85. The minimum absolute atomic E-state index is 0.00748. The van der Waals surface area contributed by atoms with E-state index in [1.165, 1.54) is 11.9 Å². The van der Waals surface area contributed by atoms with Crippen LogP contribution in [0.5, 0.6) is 0 Å². The van der Waals surface area contributed by atoms with E-state index in [-0.39, 0.29) is 23.9 Å². The van der Waals surface area contributed by atoms with E-state index in [0.717, 1.165) is 19.3 Å². The van der Waals surface area contributed by atoms with Gasteiger partial charge < -0.3 is 15.4 Å². The predicted octanol–water partition coefficient (Wildman–Crippen LogP) is 5.39. The van der Waals surface area contributed by atoms with Gasteiger partial charge in [0, 0.05) is 11.4 Å². The van der Waals surface area contributed by atoms with Gasteiger partial charge in [-0.2, -0.15) is 0 Å². The lowest BCUT2D eigenvalue weighted by Gasteiger charge is -2.11. The molecule has 3 aromatic rings. The summed E-state index contributed by atoms with van der Waals surface area (Å²) >= 11 is 0. The molecule has 0 spiro atoms. The average Bonchev–Trinajstić information content (AvgIpc) is 2.79. The van der Waals surface area contributed by atoms with Crippen molar-refractivity contribution in [2.75, 3.05) is 17.2 Å². The second kappa shape index (κ2) is 10.9. The van der Waals surface area contributed by atoms with Crippen molar-refractivity contribution in [3.05, 3.63) is 76.1 Å². The molecule has 0 unspecified atom stereocenters. The van der Waals surface area contributed by atoms with Crippen LogP contribution in [0.2, 0.25) is 0 Å². The second-order valence-electron chi connectivity index (χ2n) is 7.03. The van der Waals surface area contributed by atoms with Gasteiger partial charge in [-0.1, -0.05) is 31.5 Å². The standard InChI is InChI=1S/C23H25N5O4/c1-3-5-7-16-10-12-18(13-11-16)26-21-20(28(30)31)22(25-15-24-21)27-19-9-6-8-17(14-19)23(29)32-4-2/h6,8-15H,3-5,7H2,1-2H3,(H2,24,25,26,27). The smallest absolute Gasteiger partial charge is 0.353 e. The monoisotopic (exact) mass is 435 g/mol. The van der Waals surface area contributed by atoms with E-state index in [2.05, 4.69) is 27.5 Å². The van der Waals surface area contributed by atoms with Crippen LogP contribution in [-0.2, 0) is 11.2 Å². The SMILES string of the molecule is CCCCc1ccc(Nc2ncnc(Nc3cccc(C(=O)OCC)c3)c2[N+](=O)[O-])cc1. The average molecular weight is 435 g/mol. The zero-order valence-corrected chi connectivity index (χ0v) is 18.0. The summed E-state index contributed by atoms with van der Waals surface area (Å²) in [6.07, 6.45) is 4.45. The van der Waals surface area contributed by atoms with Gasteiger partial charge in [-0.05, 0) is 55.7 Å². The largest absolute Gasteiger partial charge is 0.462 e. The molecule has 166 valence electrons. The van der Waals surface area contributed by atoms with E-state index in [9.17, 15) is 14.9 Å². The molecule has 0 atom stereocenters. The number of nitrogens with one attached hydrogen (secondary N) is 2. The number of aryl methyl sites for hydroxylation is 1. The molecule has 0 saturated heterocycles. The second-order valence-corrected chi connectivity index (χ2v) is 7.03. The normalized spacial score (nSPS) is 10.4. The minimum atomic E-state index is -0.546. The summed E-state index contributed by atoms with van der Waals surface area (Å²) in [7, 11) is 0. The lowest BCUT2D eigenvalue weighted by Crippen LogP contribution is -2.07. The maximum Gasteiger partial charge on any atom is 0.353 e. The van der Waals surface area contributed by atoms with Crippen molar-refractivity contribution in [3.63, 3.8) is 0 Å². The van der Waals surface area contributed by atoms with Crippen molar-refractivity contribution in [1.29, 1.82) is 0 Å². The van der Waals surface area contributed by atoms with E-state index in [4.69, 9.17) is 4.74 Å². The first-order valence-corrected chi connectivity index (χ1v) is 10.4. The highest BCUT2D eigenvalue weighted by molar-refractivity contribution is 5.91. The molecule has 0 aliphatic carbocycles. The quantitative estimate of drug-likeness (QED) is 0.247. The first-order chi connectivity index (χ1) is 15.5. The fourth-order valence-corrected chi connectivity index (χ4v) is 3.08. The van der Waals surface area contributed by atoms with Crippen LogP contribution < -0.4 is 10.6 Å². The maximum absolute atomic E-state index is 12.0. The van der Waals surface area contributed by atoms with Gasteiger partial charge in [0.1, 0.15) is 6.33 Å². The lowest BCUT2D eigenvalue weighted by molar-refractivity contribution is -0.383. The zero-order chi connectivity index (χ0) is 22.9. The number of ether oxygens (including phenoxy) is 1. The molecular formula is C23H25N5O4. The van der Waals surface area contributed by atoms with Gasteiger partial charge in [-0.25, -0.2) is 14.8 Å². The Morgan fingerprint density at radius 3 is 2.34 bits per heavy atom. The molecule has 32 heavy (non-hydrogen) atoms. The van der Waals surface area contributed by atoms with Crippen LogP contribution in [0.25, 0.3) is 0 Å². The summed E-state index contributed by atoms with van der Waals surface area (Å²) in [5.41, 5.74) is 2.38. The Morgan fingerprint density at radius 1 is 1.03 bits per heavy atom. The Hall–Kier alpha value is -4.01. The van der Waals surface area contributed by atoms with E-state index >= 15 is 0 Å². The Bertz CT molecular complexity index is 1090. The van der Waals surface area contributed by atoms with Crippen LogP contribution in [0.3, 0.4) is 0 Å². The maximum atomic E-state index is 12.0. The summed E-state index contributed by atoms with van der Waals surface area (Å²) in [6, 6.07) is 14.2. The van der Waals surface area contributed by atoms with Gasteiger partial charge in [-0.15, -0.1) is 0 Å². The molecule has 3 rings (SSSR count). The van der Waals surface area contributed by atoms with E-state index < -0.39 is 10.9 Å². The van der Waals surface area contributed by atoms with Crippen molar-refractivity contribution in [1.82, 2.24) is 9.97 Å². The molecule has 0 aliphatic rings. The number of unbranched alkanes of at least 4 members (excludes halogenated alkanes) is 1. The van der Waals surface area contributed by atoms with Crippen molar-refractivity contribution in [2.45, 2.75) is 33.1 Å². The Morgan fingerprint density at radius 2 is 1.72 bits per heavy atom. The third-order valence-electron chi connectivity index (χ3n) is 4.68. The van der Waals surface area contributed by atoms with E-state index in [0.29, 0.717) is 16.9 Å². The highest BCUT2D eigenvalue weighted by Gasteiger charge is 2.23. The van der Waals surface area contributed by atoms with Gasteiger partial charge in [0.25, 0.3) is 0 Å². The molecule has 2 aromatic carbocycles. The van der Waals surface area contributed by atoms with Gasteiger partial charge >= 0.3 is 11.7 Å². The summed E-state index contributed by atoms with van der Waals surface area (Å²) in [5.74, 6) is -0.401. The van der Waals surface area contributed by atoms with Crippen molar-refractivity contribution < 1.29 is 14.5 Å². The Labute approximate surface area is 186 Å². The number of benzene rings is 2. The molecule has 0 fully saturated rings. The molecule has 0 aliphatic heterocycles. The number of esters is 1. The fourth-order valence-electron chi connectivity index (χ4n) is 3.08. The van der Waals surface area contributed by atoms with E-state index in [1.54, 1.807) is 31.2 Å². The van der Waals surface area contributed by atoms with Crippen LogP contribution in [-0.4, -0.2) is 27.5 Å². The predicted molar refractivity (Wildman–Crippen MR) is 123 cm³/mol. The van der Waals surface area contributed by atoms with Crippen LogP contribution >= 0.6 is 0 Å². The number of rotatable bonds is 10. The molecule has 1 aromatic heterocycles. The summed E-state index contributed by atoms with van der Waals surface area (Å²) in [4.78, 5) is 31.3. The number of hydrogen-bond acceptors (Lipinski definition) is 8. The van der Waals surface area contributed by atoms with Gasteiger partial charge in [0.15, 0.2) is 0 Å². The summed E-state index contributed by atoms with van der Waals surface area (Å²) in [5, 5.41) is 17.7. The third kappa shape index (κ3) is 5.78. The number of hydrogen-bond donors (Lipinski definition) is 2. The number of aromatic nitrogens is 2. The van der Waals surface area contributed by atoms with E-state index in [1.807, 2.05) is 24.3 Å². The van der Waals surface area contributed by atoms with Gasteiger partial charge in [0.05, 0.1) is 17.1 Å². The zero-order valence-electron chi connectivity index (χ0n) is 18.0. The summed E-state index contributed by atoms with van der Waals surface area (Å²) in [6.45, 7) is 4.11. The molecule has 9 nitrogen and oxygen atoms in total. The van der Waals surface area contributed by atoms with Crippen LogP contribution in [0, 0.1) is 10.1 Å². The molecule has 0 amide bonds. The highest BCUT2D eigenvalue weighted by Crippen LogP contribution is 2.33. The summed E-state index contributed by atoms with van der Waals surface area (Å²) < 4.78 is 5.00. The third-order valence-corrected chi connectivity index (χ3v) is 4.68. The molecule has 0 radical (unpaired) electrons. The molecule has 2 N–H and O–H groups in total. The number of nitrogens with zero attached hydrogens (tertiary/aromatic N) is 3. The number of nitro groups is 1. The Kier molecular flexibility index (Phi) is 7.69. The fraction of sp³-hybridized carbons (Fsp3) is 0.261. The first kappa shape index (κ1) is 22.7. The van der Waals surface area contributed by atoms with Gasteiger partial charge in [0.2, 0.25) is 11.6 Å². The highest BCUT2D eigenvalue weighted by atomic mass is 16.6. The number of anilines is 4. The first-order valence-electron chi connectivity index (χ1n) is 10.4. The van der Waals surface area contributed by atoms with Crippen molar-refractivity contribution >= 4 is 34.7 Å². The molecule has 0 bridgehead atoms. The molecule has 9 heteroatoms. The minimum Gasteiger partial charge on any atom is -0.462 e. The van der Waals surface area contributed by atoms with Crippen LogP contribution in [0.15, 0.2) is 54.9 Å². The van der Waals surface area contributed by atoms with Crippen LogP contribution in [0.1, 0.15) is 42.6 Å². The topological polar surface area (TPSA) is 119 Å². The van der Waals surface area contributed by atoms with Crippen LogP contribution in [0.4, 0.5) is 28.7 Å². The molecule has 1 heterocycles. The molecular weight excluding hydrogens is 410 g/mol. The van der Waals surface area contributed by atoms with Gasteiger partial charge in [-0.3, -0.25) is 10.1 Å². The number of carbonyl (C=O) groups excluding carboxylic acids is 1. The van der Waals surface area contributed by atoms with Crippen molar-refractivity contribution in [2.24, 2.45) is 0 Å². The lowest BCUT2D eigenvalue weighted by atomic mass is 10.1. The molecule has 0 saturated carbocycles.